The number of nitrogens with two attached hydrogens (primary N) is 1. The second-order valence-electron chi connectivity index (χ2n) is 3.89. The van der Waals surface area contributed by atoms with Crippen LogP contribution in [0.25, 0.3) is 0 Å². The number of carbonyl (C=O) groups excluding carboxylic acids is 1. The van der Waals surface area contributed by atoms with E-state index in [4.69, 9.17) is 5.73 Å². The minimum atomic E-state index is -0.146. The van der Waals surface area contributed by atoms with Crippen molar-refractivity contribution < 1.29 is 4.79 Å². The summed E-state index contributed by atoms with van der Waals surface area (Å²) in [5, 5.41) is 4.96. The van der Waals surface area contributed by atoms with Gasteiger partial charge < -0.3 is 11.1 Å². The van der Waals surface area contributed by atoms with Gasteiger partial charge in [0.15, 0.2) is 0 Å². The van der Waals surface area contributed by atoms with Gasteiger partial charge in [-0.2, -0.15) is 0 Å². The van der Waals surface area contributed by atoms with Crippen molar-refractivity contribution >= 4 is 29.7 Å². The Morgan fingerprint density at radius 1 is 1.44 bits per heavy atom. The second kappa shape index (κ2) is 6.89. The molecule has 0 aliphatic rings. The van der Waals surface area contributed by atoms with Crippen LogP contribution in [0.3, 0.4) is 0 Å². The lowest BCUT2D eigenvalue weighted by Crippen LogP contribution is -2.39. The van der Waals surface area contributed by atoms with Crippen molar-refractivity contribution in [2.24, 2.45) is 11.7 Å². The number of nitrogens with one attached hydrogen (secondary N) is 1. The third kappa shape index (κ3) is 4.12. The average molecular weight is 263 g/mol. The summed E-state index contributed by atoms with van der Waals surface area (Å²) in [6.07, 6.45) is 0. The Morgan fingerprint density at radius 3 is 2.50 bits per heavy atom. The molecule has 0 spiro atoms. The normalized spacial score (nSPS) is 15.8. The Kier molecular flexibility index (Phi) is 6.64. The van der Waals surface area contributed by atoms with Crippen LogP contribution in [0.15, 0.2) is 17.5 Å². The first kappa shape index (κ1) is 15.4. The van der Waals surface area contributed by atoms with E-state index in [-0.39, 0.29) is 36.3 Å². The predicted molar refractivity (Wildman–Crippen MR) is 70.9 cm³/mol. The van der Waals surface area contributed by atoms with Crippen molar-refractivity contribution in [1.82, 2.24) is 5.32 Å². The molecule has 1 aromatic rings. The molecular formula is C11H19ClN2OS. The molecule has 3 unspecified atom stereocenters. The largest absolute Gasteiger partial charge is 0.348 e. The van der Waals surface area contributed by atoms with Gasteiger partial charge >= 0.3 is 0 Å². The van der Waals surface area contributed by atoms with Crippen LogP contribution in [0.5, 0.6) is 0 Å². The van der Waals surface area contributed by atoms with Gasteiger partial charge in [-0.15, -0.1) is 23.7 Å². The van der Waals surface area contributed by atoms with E-state index in [1.807, 2.05) is 38.3 Å². The molecule has 3 nitrogen and oxygen atoms in total. The van der Waals surface area contributed by atoms with E-state index < -0.39 is 0 Å². The average Bonchev–Trinajstić information content (AvgIpc) is 2.68. The van der Waals surface area contributed by atoms with Crippen LogP contribution < -0.4 is 11.1 Å². The SMILES string of the molecule is CC(NC(=O)C(C)C(C)N)c1cccs1.Cl. The van der Waals surface area contributed by atoms with Gasteiger partial charge in [0.25, 0.3) is 0 Å². The van der Waals surface area contributed by atoms with Gasteiger partial charge in [0.2, 0.25) is 5.91 Å². The Morgan fingerprint density at radius 2 is 2.06 bits per heavy atom. The molecule has 3 atom stereocenters. The molecule has 0 fully saturated rings. The molecule has 1 aromatic heterocycles. The third-order valence-electron chi connectivity index (χ3n) is 2.53. The zero-order chi connectivity index (χ0) is 11.4. The van der Waals surface area contributed by atoms with Crippen molar-refractivity contribution in [3.8, 4) is 0 Å². The first-order valence-corrected chi connectivity index (χ1v) is 5.99. The number of amides is 1. The van der Waals surface area contributed by atoms with Gasteiger partial charge in [0.05, 0.1) is 6.04 Å². The molecule has 0 saturated carbocycles. The molecule has 0 aliphatic carbocycles. The fourth-order valence-electron chi connectivity index (χ4n) is 1.19. The summed E-state index contributed by atoms with van der Waals surface area (Å²) in [5.41, 5.74) is 5.67. The lowest BCUT2D eigenvalue weighted by molar-refractivity contribution is -0.125. The van der Waals surface area contributed by atoms with Crippen molar-refractivity contribution in [2.45, 2.75) is 32.9 Å². The van der Waals surface area contributed by atoms with E-state index >= 15 is 0 Å². The molecule has 3 N–H and O–H groups in total. The van der Waals surface area contributed by atoms with Crippen LogP contribution >= 0.6 is 23.7 Å². The fourth-order valence-corrected chi connectivity index (χ4v) is 1.93. The van der Waals surface area contributed by atoms with Crippen molar-refractivity contribution in [3.63, 3.8) is 0 Å². The molecule has 5 heteroatoms. The maximum atomic E-state index is 11.7. The van der Waals surface area contributed by atoms with Crippen LogP contribution in [0, 0.1) is 5.92 Å². The summed E-state index contributed by atoms with van der Waals surface area (Å²) in [4.78, 5) is 12.9. The van der Waals surface area contributed by atoms with Gasteiger partial charge in [-0.05, 0) is 25.3 Å². The molecule has 1 amide bonds. The number of carbonyl (C=O) groups is 1. The first-order valence-electron chi connectivity index (χ1n) is 5.11. The molecule has 16 heavy (non-hydrogen) atoms. The Hall–Kier alpha value is -0.580. The first-order chi connectivity index (χ1) is 7.02. The van der Waals surface area contributed by atoms with Crippen LogP contribution in [-0.2, 0) is 4.79 Å². The van der Waals surface area contributed by atoms with Crippen LogP contribution in [-0.4, -0.2) is 11.9 Å². The number of hydrogen-bond donors (Lipinski definition) is 2. The summed E-state index contributed by atoms with van der Waals surface area (Å²) in [5.74, 6) is -0.127. The van der Waals surface area contributed by atoms with E-state index in [0.29, 0.717) is 0 Å². The predicted octanol–water partition coefficient (Wildman–Crippen LogP) is 2.33. The van der Waals surface area contributed by atoms with Crippen LogP contribution in [0.1, 0.15) is 31.7 Å². The summed E-state index contributed by atoms with van der Waals surface area (Å²) in [6.45, 7) is 5.68. The second-order valence-corrected chi connectivity index (χ2v) is 4.87. The Balaban J connectivity index is 0.00000225. The van der Waals surface area contributed by atoms with Gasteiger partial charge in [-0.3, -0.25) is 4.79 Å². The number of thiophene rings is 1. The van der Waals surface area contributed by atoms with E-state index in [1.165, 1.54) is 4.88 Å². The minimum absolute atomic E-state index is 0. The van der Waals surface area contributed by atoms with Crippen LogP contribution in [0.4, 0.5) is 0 Å². The van der Waals surface area contributed by atoms with Crippen LogP contribution in [0.2, 0.25) is 0 Å². The lowest BCUT2D eigenvalue weighted by atomic mass is 10.0. The highest BCUT2D eigenvalue weighted by molar-refractivity contribution is 7.10. The zero-order valence-electron chi connectivity index (χ0n) is 9.77. The van der Waals surface area contributed by atoms with Crippen molar-refractivity contribution in [3.05, 3.63) is 22.4 Å². The van der Waals surface area contributed by atoms with E-state index in [9.17, 15) is 4.79 Å². The van der Waals surface area contributed by atoms with E-state index in [1.54, 1.807) is 11.3 Å². The van der Waals surface area contributed by atoms with Gasteiger partial charge in [-0.25, -0.2) is 0 Å². The lowest BCUT2D eigenvalue weighted by Gasteiger charge is -2.18. The number of halogens is 1. The van der Waals surface area contributed by atoms with Gasteiger partial charge in [0, 0.05) is 16.8 Å². The molecule has 0 bridgehead atoms. The Bertz CT molecular complexity index is 314. The summed E-state index contributed by atoms with van der Waals surface area (Å²) in [7, 11) is 0. The number of hydrogen-bond acceptors (Lipinski definition) is 3. The van der Waals surface area contributed by atoms with Crippen molar-refractivity contribution in [1.29, 1.82) is 0 Å². The van der Waals surface area contributed by atoms with Gasteiger partial charge in [0.1, 0.15) is 0 Å². The molecule has 1 rings (SSSR count). The monoisotopic (exact) mass is 262 g/mol. The molecule has 0 saturated heterocycles. The zero-order valence-corrected chi connectivity index (χ0v) is 11.4. The maximum Gasteiger partial charge on any atom is 0.224 e. The molecule has 0 aliphatic heterocycles. The number of rotatable bonds is 4. The molecule has 0 aromatic carbocycles. The highest BCUT2D eigenvalue weighted by Crippen LogP contribution is 2.18. The third-order valence-corrected chi connectivity index (χ3v) is 3.59. The van der Waals surface area contributed by atoms with Gasteiger partial charge in [-0.1, -0.05) is 13.0 Å². The highest BCUT2D eigenvalue weighted by Gasteiger charge is 2.19. The van der Waals surface area contributed by atoms with E-state index in [0.717, 1.165) is 0 Å². The topological polar surface area (TPSA) is 55.1 Å². The highest BCUT2D eigenvalue weighted by atomic mass is 35.5. The van der Waals surface area contributed by atoms with Crippen molar-refractivity contribution in [2.75, 3.05) is 0 Å². The summed E-state index contributed by atoms with van der Waals surface area (Å²) >= 11 is 1.65. The van der Waals surface area contributed by atoms with E-state index in [2.05, 4.69) is 5.32 Å². The standard InChI is InChI=1S/C11H18N2OS.ClH/c1-7(8(2)12)11(14)13-9(3)10-5-4-6-15-10;/h4-9H,12H2,1-3H3,(H,13,14);1H. The summed E-state index contributed by atoms with van der Waals surface area (Å²) in [6, 6.07) is 3.96. The molecule has 0 radical (unpaired) electrons. The quantitative estimate of drug-likeness (QED) is 0.875. The minimum Gasteiger partial charge on any atom is -0.348 e. The smallest absolute Gasteiger partial charge is 0.224 e. The summed E-state index contributed by atoms with van der Waals surface area (Å²) < 4.78 is 0. The maximum absolute atomic E-state index is 11.7. The Labute approximate surface area is 107 Å². The molecule has 1 heterocycles. The molecular weight excluding hydrogens is 244 g/mol. The molecule has 92 valence electrons. The fraction of sp³-hybridized carbons (Fsp3) is 0.545.